The van der Waals surface area contributed by atoms with Crippen LogP contribution in [0, 0.1) is 0 Å². The summed E-state index contributed by atoms with van der Waals surface area (Å²) in [6.45, 7) is 4.45. The molecule has 0 fully saturated rings. The first-order valence-corrected chi connectivity index (χ1v) is 24.2. The van der Waals surface area contributed by atoms with Crippen LogP contribution in [-0.4, -0.2) is 0 Å². The molecule has 0 atom stereocenters. The number of furan rings is 4. The zero-order chi connectivity index (χ0) is 46.9. The molecule has 6 nitrogen and oxygen atoms in total. The van der Waals surface area contributed by atoms with Crippen molar-refractivity contribution in [3.63, 3.8) is 0 Å². The molecule has 0 N–H and O–H groups in total. The van der Waals surface area contributed by atoms with Gasteiger partial charge in [0, 0.05) is 82.8 Å². The quantitative estimate of drug-likeness (QED) is 0.159. The molecule has 0 aliphatic carbocycles. The smallest absolute Gasteiger partial charge is 0.142 e. The number of fused-ring (bicyclic) bond motifs is 14. The highest BCUT2D eigenvalue weighted by molar-refractivity contribution is 6.20. The van der Waals surface area contributed by atoms with Crippen LogP contribution < -0.4 is 9.80 Å². The van der Waals surface area contributed by atoms with E-state index < -0.39 is 0 Å². The number of benzene rings is 11. The molecule has 71 heavy (non-hydrogen) atoms. The Kier molecular flexibility index (Phi) is 8.46. The van der Waals surface area contributed by atoms with E-state index in [-0.39, 0.29) is 5.92 Å². The van der Waals surface area contributed by atoms with Gasteiger partial charge in [-0.15, -0.1) is 0 Å². The van der Waals surface area contributed by atoms with Crippen LogP contribution in [0.25, 0.3) is 109 Å². The number of hydrogen-bond acceptors (Lipinski definition) is 6. The fourth-order valence-electron chi connectivity index (χ4n) is 11.2. The summed E-state index contributed by atoms with van der Waals surface area (Å²) in [5.74, 6) is 0.137. The second-order valence-electron chi connectivity index (χ2n) is 19.1. The lowest BCUT2D eigenvalue weighted by Gasteiger charge is -2.26. The Morgan fingerprint density at radius 1 is 0.268 bits per heavy atom. The number of anilines is 6. The molecule has 4 heterocycles. The molecule has 0 radical (unpaired) electrons. The van der Waals surface area contributed by atoms with Gasteiger partial charge in [-0.1, -0.05) is 98.8 Å². The van der Waals surface area contributed by atoms with E-state index in [9.17, 15) is 0 Å². The highest BCUT2D eigenvalue weighted by Gasteiger charge is 2.24. The minimum absolute atomic E-state index is 0.137. The van der Waals surface area contributed by atoms with Crippen molar-refractivity contribution in [2.24, 2.45) is 0 Å². The first kappa shape index (κ1) is 39.7. The molecule has 15 rings (SSSR count). The van der Waals surface area contributed by atoms with Gasteiger partial charge in [-0.3, -0.25) is 0 Å². The van der Waals surface area contributed by atoms with E-state index in [1.54, 1.807) is 0 Å². The Bertz CT molecular complexity index is 4340. The molecule has 4 aromatic heterocycles. The van der Waals surface area contributed by atoms with Crippen LogP contribution in [0.4, 0.5) is 34.1 Å². The molecule has 0 saturated carbocycles. The molecule has 336 valence electrons. The second-order valence-corrected chi connectivity index (χ2v) is 19.1. The van der Waals surface area contributed by atoms with Gasteiger partial charge in [0.2, 0.25) is 0 Å². The molecule has 6 heteroatoms. The van der Waals surface area contributed by atoms with Gasteiger partial charge in [0.1, 0.15) is 44.7 Å². The predicted octanol–water partition coefficient (Wildman–Crippen LogP) is 19.7. The first-order chi connectivity index (χ1) is 35.0. The molecular weight excluding hydrogens is 873 g/mol. The van der Waals surface area contributed by atoms with Crippen molar-refractivity contribution in [2.75, 3.05) is 9.80 Å². The van der Waals surface area contributed by atoms with Gasteiger partial charge in [-0.2, -0.15) is 0 Å². The second kappa shape index (κ2) is 15.1. The number of para-hydroxylation sites is 4. The topological polar surface area (TPSA) is 59.0 Å². The molecule has 11 aromatic carbocycles. The van der Waals surface area contributed by atoms with E-state index in [2.05, 4.69) is 212 Å². The fraction of sp³-hybridized carbons (Fsp3) is 0.0462. The van der Waals surface area contributed by atoms with Crippen molar-refractivity contribution < 1.29 is 17.7 Å². The van der Waals surface area contributed by atoms with E-state index in [0.29, 0.717) is 0 Å². The Morgan fingerprint density at radius 3 is 1.13 bits per heavy atom. The van der Waals surface area contributed by atoms with E-state index >= 15 is 0 Å². The van der Waals surface area contributed by atoms with Gasteiger partial charge >= 0.3 is 0 Å². The average Bonchev–Trinajstić information content (AvgIpc) is 4.17. The summed E-state index contributed by atoms with van der Waals surface area (Å²) in [6, 6.07) is 75.2. The Morgan fingerprint density at radius 2 is 0.662 bits per heavy atom. The zero-order valence-electron chi connectivity index (χ0n) is 38.8. The lowest BCUT2D eigenvalue weighted by molar-refractivity contribution is 0.638. The summed E-state index contributed by atoms with van der Waals surface area (Å²) in [5.41, 5.74) is 14.4. The van der Waals surface area contributed by atoms with Crippen LogP contribution in [0.5, 0.6) is 0 Å². The van der Waals surface area contributed by atoms with Gasteiger partial charge < -0.3 is 27.5 Å². The van der Waals surface area contributed by atoms with E-state index in [0.717, 1.165) is 149 Å². The monoisotopic (exact) mass is 914 g/mol. The van der Waals surface area contributed by atoms with E-state index in [1.807, 2.05) is 24.3 Å². The van der Waals surface area contributed by atoms with Crippen LogP contribution in [0.15, 0.2) is 230 Å². The molecule has 0 unspecified atom stereocenters. The highest BCUT2D eigenvalue weighted by atomic mass is 16.3. The normalized spacial score (nSPS) is 12.2. The van der Waals surface area contributed by atoms with Crippen LogP contribution in [0.3, 0.4) is 0 Å². The van der Waals surface area contributed by atoms with Crippen molar-refractivity contribution in [3.8, 4) is 0 Å². The zero-order valence-corrected chi connectivity index (χ0v) is 38.8. The summed E-state index contributed by atoms with van der Waals surface area (Å²) in [4.78, 5) is 4.62. The average molecular weight is 915 g/mol. The number of rotatable bonds is 7. The molecule has 0 spiro atoms. The lowest BCUT2D eigenvalue weighted by Crippen LogP contribution is -2.09. The largest absolute Gasteiger partial charge is 0.456 e. The molecule has 0 bridgehead atoms. The minimum atomic E-state index is 0.137. The standard InChI is InChI=1S/C65H42N2O4/c1-38(2)63-64-55(51-31-39-21-23-45(29-41(39)33-61(51)70-64)66(43-13-5-3-6-14-43)47-25-27-59-53(35-47)49-17-9-11-19-57(49)68-59)37-56-52-32-40-22-24-46(30-42(40)34-62(52)71-65(56)63)67(44-15-7-4-8-16-44)48-26-28-60-54(36-48)50-18-10-12-20-58(50)69-60/h3-38H,1-2H3. The summed E-state index contributed by atoms with van der Waals surface area (Å²) in [7, 11) is 0. The van der Waals surface area contributed by atoms with Crippen LogP contribution in [0.1, 0.15) is 25.3 Å². The SMILES string of the molecule is CC(C)c1c2oc3cc4cc(N(c5ccccc5)c5ccc6oc7ccccc7c6c5)ccc4cc3c2cc2c1oc1cc3cc(N(c4ccccc4)c4ccc5oc6ccccc6c5c4)ccc3cc12. The van der Waals surface area contributed by atoms with Gasteiger partial charge in [0.05, 0.1) is 0 Å². The maximum atomic E-state index is 6.96. The Hall–Kier alpha value is -9.26. The Labute approximate surface area is 406 Å². The molecule has 15 aromatic rings. The van der Waals surface area contributed by atoms with Crippen LogP contribution in [-0.2, 0) is 0 Å². The number of nitrogens with zero attached hydrogens (tertiary/aromatic N) is 2. The third kappa shape index (κ3) is 6.14. The molecule has 0 saturated heterocycles. The molecular formula is C65H42N2O4. The van der Waals surface area contributed by atoms with Gasteiger partial charge in [-0.25, -0.2) is 0 Å². The van der Waals surface area contributed by atoms with Crippen LogP contribution in [0.2, 0.25) is 0 Å². The third-order valence-corrected chi connectivity index (χ3v) is 14.5. The predicted molar refractivity (Wildman–Crippen MR) is 294 cm³/mol. The summed E-state index contributed by atoms with van der Waals surface area (Å²) >= 11 is 0. The molecule has 0 aliphatic heterocycles. The maximum Gasteiger partial charge on any atom is 0.142 e. The molecule has 0 amide bonds. The fourth-order valence-corrected chi connectivity index (χ4v) is 11.2. The van der Waals surface area contributed by atoms with E-state index in [4.69, 9.17) is 17.7 Å². The summed E-state index contributed by atoms with van der Waals surface area (Å²) in [6.07, 6.45) is 0. The van der Waals surface area contributed by atoms with Crippen LogP contribution >= 0.6 is 0 Å². The highest BCUT2D eigenvalue weighted by Crippen LogP contribution is 2.47. The maximum absolute atomic E-state index is 6.96. The van der Waals surface area contributed by atoms with Crippen molar-refractivity contribution >= 4 is 143 Å². The van der Waals surface area contributed by atoms with Crippen molar-refractivity contribution in [1.82, 2.24) is 0 Å². The van der Waals surface area contributed by atoms with Gasteiger partial charge in [0.15, 0.2) is 0 Å². The van der Waals surface area contributed by atoms with Crippen molar-refractivity contribution in [3.05, 3.63) is 218 Å². The summed E-state index contributed by atoms with van der Waals surface area (Å²) < 4.78 is 26.4. The van der Waals surface area contributed by atoms with Gasteiger partial charge in [0.25, 0.3) is 0 Å². The number of hydrogen-bond donors (Lipinski definition) is 0. The summed E-state index contributed by atoms with van der Waals surface area (Å²) in [5, 5.41) is 13.2. The van der Waals surface area contributed by atoms with Crippen molar-refractivity contribution in [1.29, 1.82) is 0 Å². The first-order valence-electron chi connectivity index (χ1n) is 24.2. The lowest BCUT2D eigenvalue weighted by atomic mass is 9.95. The van der Waals surface area contributed by atoms with Crippen molar-refractivity contribution in [2.45, 2.75) is 19.8 Å². The van der Waals surface area contributed by atoms with E-state index in [1.165, 1.54) is 0 Å². The van der Waals surface area contributed by atoms with Gasteiger partial charge in [-0.05, 0) is 155 Å². The minimum Gasteiger partial charge on any atom is -0.456 e. The molecule has 0 aliphatic rings. The Balaban J connectivity index is 0.852. The third-order valence-electron chi connectivity index (χ3n) is 14.5.